The van der Waals surface area contributed by atoms with E-state index >= 15 is 0 Å². The number of alkyl halides is 2. The normalized spacial score (nSPS) is 12.6. The molecule has 0 heterocycles. The predicted molar refractivity (Wildman–Crippen MR) is 61.3 cm³/mol. The van der Waals surface area contributed by atoms with E-state index in [0.717, 1.165) is 6.42 Å². The van der Waals surface area contributed by atoms with Gasteiger partial charge in [0, 0.05) is 0 Å². The topological polar surface area (TPSA) is 21.3 Å². The van der Waals surface area contributed by atoms with Gasteiger partial charge in [0.15, 0.2) is 0 Å². The Kier molecular flexibility index (Phi) is 5.02. The Morgan fingerprint density at radius 1 is 1.31 bits per heavy atom. The van der Waals surface area contributed by atoms with E-state index in [9.17, 15) is 8.78 Å². The van der Waals surface area contributed by atoms with Crippen LogP contribution in [0, 0.1) is 0 Å². The van der Waals surface area contributed by atoms with Crippen LogP contribution in [0.15, 0.2) is 24.3 Å². The minimum atomic E-state index is -2.39. The molecule has 4 heteroatoms. The average Bonchev–Trinajstić information content (AvgIpc) is 2.27. The van der Waals surface area contributed by atoms with Crippen LogP contribution in [0.5, 0.6) is 5.75 Å². The smallest absolute Gasteiger partial charge is 0.258 e. The molecule has 1 unspecified atom stereocenters. The molecule has 0 radical (unpaired) electrons. The first kappa shape index (κ1) is 12.7. The van der Waals surface area contributed by atoms with Crippen molar-refractivity contribution >= 4 is 5.69 Å². The molecular formula is C12H17F2NO. The van der Waals surface area contributed by atoms with Crippen LogP contribution in [0.1, 0.15) is 20.3 Å². The SMILES string of the molecule is CCCOc1ccccc1NC(C)C(F)F. The Labute approximate surface area is 94.6 Å². The van der Waals surface area contributed by atoms with Crippen molar-refractivity contribution in [1.82, 2.24) is 0 Å². The molecule has 0 bridgehead atoms. The fourth-order valence-electron chi connectivity index (χ4n) is 1.23. The van der Waals surface area contributed by atoms with Crippen molar-refractivity contribution in [3.8, 4) is 5.75 Å². The summed E-state index contributed by atoms with van der Waals surface area (Å²) in [6.45, 7) is 4.03. The van der Waals surface area contributed by atoms with Crippen molar-refractivity contribution in [3.05, 3.63) is 24.3 Å². The fraction of sp³-hybridized carbons (Fsp3) is 0.500. The zero-order chi connectivity index (χ0) is 12.0. The average molecular weight is 229 g/mol. The number of hydrogen-bond donors (Lipinski definition) is 1. The van der Waals surface area contributed by atoms with E-state index < -0.39 is 12.5 Å². The monoisotopic (exact) mass is 229 g/mol. The van der Waals surface area contributed by atoms with Gasteiger partial charge >= 0.3 is 0 Å². The van der Waals surface area contributed by atoms with E-state index in [-0.39, 0.29) is 0 Å². The fourth-order valence-corrected chi connectivity index (χ4v) is 1.23. The summed E-state index contributed by atoms with van der Waals surface area (Å²) in [5.41, 5.74) is 0.615. The first-order chi connectivity index (χ1) is 7.65. The van der Waals surface area contributed by atoms with Crippen LogP contribution in [-0.2, 0) is 0 Å². The maximum atomic E-state index is 12.4. The lowest BCUT2D eigenvalue weighted by atomic mass is 10.2. The molecule has 0 aliphatic heterocycles. The van der Waals surface area contributed by atoms with Gasteiger partial charge in [-0.1, -0.05) is 19.1 Å². The summed E-state index contributed by atoms with van der Waals surface area (Å²) in [6.07, 6.45) is -1.50. The molecular weight excluding hydrogens is 212 g/mol. The van der Waals surface area contributed by atoms with Gasteiger partial charge in [-0.25, -0.2) is 8.78 Å². The Hall–Kier alpha value is -1.32. The summed E-state index contributed by atoms with van der Waals surface area (Å²) < 4.78 is 30.2. The number of para-hydroxylation sites is 2. The van der Waals surface area contributed by atoms with E-state index in [0.29, 0.717) is 18.0 Å². The van der Waals surface area contributed by atoms with Crippen molar-refractivity contribution in [2.24, 2.45) is 0 Å². The molecule has 0 aliphatic carbocycles. The highest BCUT2D eigenvalue weighted by atomic mass is 19.3. The Morgan fingerprint density at radius 3 is 2.62 bits per heavy atom. The second-order valence-corrected chi connectivity index (χ2v) is 3.61. The lowest BCUT2D eigenvalue weighted by Crippen LogP contribution is -2.24. The Bertz CT molecular complexity index is 318. The Morgan fingerprint density at radius 2 is 2.00 bits per heavy atom. The molecule has 0 saturated heterocycles. The first-order valence-corrected chi connectivity index (χ1v) is 5.41. The van der Waals surface area contributed by atoms with Gasteiger partial charge in [-0.05, 0) is 25.5 Å². The van der Waals surface area contributed by atoms with Crippen LogP contribution in [-0.4, -0.2) is 19.1 Å². The van der Waals surface area contributed by atoms with Gasteiger partial charge in [0.2, 0.25) is 0 Å². The zero-order valence-corrected chi connectivity index (χ0v) is 9.54. The van der Waals surface area contributed by atoms with Crippen molar-refractivity contribution in [2.45, 2.75) is 32.7 Å². The third-order valence-electron chi connectivity index (χ3n) is 2.11. The number of halogens is 2. The highest BCUT2D eigenvalue weighted by molar-refractivity contribution is 5.56. The van der Waals surface area contributed by atoms with Crippen LogP contribution < -0.4 is 10.1 Å². The number of nitrogens with one attached hydrogen (secondary N) is 1. The van der Waals surface area contributed by atoms with Gasteiger partial charge < -0.3 is 10.1 Å². The van der Waals surface area contributed by atoms with E-state index in [1.807, 2.05) is 13.0 Å². The number of hydrogen-bond acceptors (Lipinski definition) is 2. The van der Waals surface area contributed by atoms with E-state index in [2.05, 4.69) is 5.32 Å². The molecule has 1 atom stereocenters. The highest BCUT2D eigenvalue weighted by Gasteiger charge is 2.15. The molecule has 1 rings (SSSR count). The van der Waals surface area contributed by atoms with Gasteiger partial charge in [-0.3, -0.25) is 0 Å². The zero-order valence-electron chi connectivity index (χ0n) is 9.54. The lowest BCUT2D eigenvalue weighted by Gasteiger charge is -2.17. The molecule has 2 nitrogen and oxygen atoms in total. The summed E-state index contributed by atoms with van der Waals surface area (Å²) >= 11 is 0. The van der Waals surface area contributed by atoms with E-state index in [4.69, 9.17) is 4.74 Å². The minimum Gasteiger partial charge on any atom is -0.491 e. The molecule has 0 amide bonds. The molecule has 0 aliphatic rings. The van der Waals surface area contributed by atoms with Crippen LogP contribution in [0.25, 0.3) is 0 Å². The van der Waals surface area contributed by atoms with Gasteiger partial charge in [-0.2, -0.15) is 0 Å². The molecule has 0 fully saturated rings. The number of benzene rings is 1. The molecule has 90 valence electrons. The quantitative estimate of drug-likeness (QED) is 0.805. The Balaban J connectivity index is 2.70. The van der Waals surface area contributed by atoms with Crippen molar-refractivity contribution < 1.29 is 13.5 Å². The van der Waals surface area contributed by atoms with Crippen LogP contribution in [0.3, 0.4) is 0 Å². The molecule has 0 saturated carbocycles. The summed E-state index contributed by atoms with van der Waals surface area (Å²) in [7, 11) is 0. The third kappa shape index (κ3) is 3.68. The van der Waals surface area contributed by atoms with Crippen molar-refractivity contribution in [1.29, 1.82) is 0 Å². The van der Waals surface area contributed by atoms with Crippen LogP contribution in [0.4, 0.5) is 14.5 Å². The summed E-state index contributed by atoms with van der Waals surface area (Å²) in [5, 5.41) is 2.74. The number of anilines is 1. The summed E-state index contributed by atoms with van der Waals surface area (Å²) in [6, 6.07) is 6.24. The van der Waals surface area contributed by atoms with Crippen LogP contribution >= 0.6 is 0 Å². The standard InChI is InChI=1S/C12H17F2NO/c1-3-8-16-11-7-5-4-6-10(11)15-9(2)12(13)14/h4-7,9,12,15H,3,8H2,1-2H3. The molecule has 1 aromatic rings. The van der Waals surface area contributed by atoms with Crippen molar-refractivity contribution in [3.63, 3.8) is 0 Å². The molecule has 16 heavy (non-hydrogen) atoms. The molecule has 0 aromatic heterocycles. The van der Waals surface area contributed by atoms with Gasteiger partial charge in [0.05, 0.1) is 18.3 Å². The number of rotatable bonds is 6. The molecule has 1 aromatic carbocycles. The van der Waals surface area contributed by atoms with Crippen LogP contribution in [0.2, 0.25) is 0 Å². The second-order valence-electron chi connectivity index (χ2n) is 3.61. The lowest BCUT2D eigenvalue weighted by molar-refractivity contribution is 0.130. The summed E-state index contributed by atoms with van der Waals surface area (Å²) in [5.74, 6) is 0.622. The van der Waals surface area contributed by atoms with Gasteiger partial charge in [0.1, 0.15) is 5.75 Å². The molecule has 1 N–H and O–H groups in total. The van der Waals surface area contributed by atoms with E-state index in [1.54, 1.807) is 18.2 Å². The van der Waals surface area contributed by atoms with Gasteiger partial charge in [-0.15, -0.1) is 0 Å². The van der Waals surface area contributed by atoms with Gasteiger partial charge in [0.25, 0.3) is 6.43 Å². The minimum absolute atomic E-state index is 0.585. The summed E-state index contributed by atoms with van der Waals surface area (Å²) in [4.78, 5) is 0. The predicted octanol–water partition coefficient (Wildman–Crippen LogP) is 3.54. The van der Waals surface area contributed by atoms with E-state index in [1.165, 1.54) is 6.92 Å². The third-order valence-corrected chi connectivity index (χ3v) is 2.11. The largest absolute Gasteiger partial charge is 0.491 e. The highest BCUT2D eigenvalue weighted by Crippen LogP contribution is 2.25. The molecule has 0 spiro atoms. The first-order valence-electron chi connectivity index (χ1n) is 5.41. The second kappa shape index (κ2) is 6.30. The van der Waals surface area contributed by atoms with Crippen molar-refractivity contribution in [2.75, 3.05) is 11.9 Å². The number of ether oxygens (including phenoxy) is 1. The maximum Gasteiger partial charge on any atom is 0.258 e. The maximum absolute atomic E-state index is 12.4.